The number of carbonyl (C=O) groups is 1. The van der Waals surface area contributed by atoms with E-state index in [1.807, 2.05) is 17.5 Å². The maximum Gasteiger partial charge on any atom is 0.225 e. The maximum absolute atomic E-state index is 11.6. The number of halogens is 1. The molecular weight excluding hydrogens is 256 g/mol. The Labute approximate surface area is 112 Å². The molecule has 1 amide bonds. The minimum atomic E-state index is 0. The normalized spacial score (nSPS) is 18.7. The first kappa shape index (κ1) is 14.5. The van der Waals surface area contributed by atoms with Gasteiger partial charge in [-0.2, -0.15) is 0 Å². The van der Waals surface area contributed by atoms with Crippen molar-refractivity contribution in [2.45, 2.75) is 19.3 Å². The van der Waals surface area contributed by atoms with Gasteiger partial charge in [-0.25, -0.2) is 0 Å². The highest BCUT2D eigenvalue weighted by Crippen LogP contribution is 2.11. The molecule has 0 bridgehead atoms. The van der Waals surface area contributed by atoms with Crippen molar-refractivity contribution in [2.24, 2.45) is 5.92 Å². The smallest absolute Gasteiger partial charge is 0.225 e. The molecule has 1 saturated heterocycles. The highest BCUT2D eigenvalue weighted by molar-refractivity contribution is 7.10. The first-order chi connectivity index (χ1) is 7.84. The third-order valence-electron chi connectivity index (χ3n) is 2.95. The van der Waals surface area contributed by atoms with Crippen molar-refractivity contribution in [1.29, 1.82) is 0 Å². The van der Waals surface area contributed by atoms with Crippen molar-refractivity contribution >= 4 is 29.7 Å². The first-order valence-corrected chi connectivity index (χ1v) is 6.72. The second-order valence-electron chi connectivity index (χ2n) is 4.25. The van der Waals surface area contributed by atoms with Crippen LogP contribution in [0.5, 0.6) is 0 Å². The number of amides is 1. The molecule has 0 radical (unpaired) electrons. The summed E-state index contributed by atoms with van der Waals surface area (Å²) in [6.45, 7) is 3.06. The van der Waals surface area contributed by atoms with Crippen LogP contribution in [0.1, 0.15) is 17.7 Å². The summed E-state index contributed by atoms with van der Waals surface area (Å²) < 4.78 is 0. The van der Waals surface area contributed by atoms with E-state index in [1.165, 1.54) is 6.42 Å². The molecule has 0 aromatic carbocycles. The van der Waals surface area contributed by atoms with E-state index < -0.39 is 0 Å². The lowest BCUT2D eigenvalue weighted by Gasteiger charge is -2.08. The predicted octanol–water partition coefficient (Wildman–Crippen LogP) is 1.83. The number of hydrogen-bond donors (Lipinski definition) is 2. The Balaban J connectivity index is 0.00000144. The van der Waals surface area contributed by atoms with Crippen LogP contribution in [-0.4, -0.2) is 25.5 Å². The summed E-state index contributed by atoms with van der Waals surface area (Å²) in [5.41, 5.74) is 0. The molecule has 5 heteroatoms. The van der Waals surface area contributed by atoms with E-state index >= 15 is 0 Å². The van der Waals surface area contributed by atoms with Crippen LogP contribution in [0, 0.1) is 5.92 Å². The molecule has 3 nitrogen and oxygen atoms in total. The van der Waals surface area contributed by atoms with Crippen molar-refractivity contribution in [1.82, 2.24) is 10.6 Å². The number of hydrogen-bond acceptors (Lipinski definition) is 3. The van der Waals surface area contributed by atoms with Gasteiger partial charge in [0.2, 0.25) is 5.91 Å². The van der Waals surface area contributed by atoms with Crippen LogP contribution in [0.15, 0.2) is 17.5 Å². The molecule has 1 fully saturated rings. The Morgan fingerprint density at radius 3 is 3.12 bits per heavy atom. The predicted molar refractivity (Wildman–Crippen MR) is 73.9 cm³/mol. The van der Waals surface area contributed by atoms with Gasteiger partial charge in [-0.1, -0.05) is 6.07 Å². The Morgan fingerprint density at radius 2 is 2.47 bits per heavy atom. The second kappa shape index (κ2) is 7.69. The van der Waals surface area contributed by atoms with Gasteiger partial charge in [0.25, 0.3) is 0 Å². The van der Waals surface area contributed by atoms with Gasteiger partial charge in [-0.15, -0.1) is 23.7 Å². The van der Waals surface area contributed by atoms with Crippen LogP contribution in [0.4, 0.5) is 0 Å². The van der Waals surface area contributed by atoms with Gasteiger partial charge in [-0.3, -0.25) is 4.79 Å². The van der Waals surface area contributed by atoms with Crippen molar-refractivity contribution < 1.29 is 4.79 Å². The minimum absolute atomic E-state index is 0. The quantitative estimate of drug-likeness (QED) is 0.860. The average Bonchev–Trinajstić information content (AvgIpc) is 2.90. The van der Waals surface area contributed by atoms with E-state index in [4.69, 9.17) is 0 Å². The third kappa shape index (κ3) is 5.06. The molecule has 0 saturated carbocycles. The Morgan fingerprint density at radius 1 is 1.59 bits per heavy atom. The van der Waals surface area contributed by atoms with Gasteiger partial charge in [0.1, 0.15) is 0 Å². The van der Waals surface area contributed by atoms with Gasteiger partial charge in [-0.05, 0) is 43.3 Å². The highest BCUT2D eigenvalue weighted by Gasteiger charge is 2.14. The molecule has 2 N–H and O–H groups in total. The molecule has 0 spiro atoms. The van der Waals surface area contributed by atoms with Gasteiger partial charge in [0, 0.05) is 11.4 Å². The standard InChI is InChI=1S/C12H18N2OS.ClH/c15-12(8-11-2-1-7-16-11)14-6-4-10-3-5-13-9-10;/h1-2,7,10,13H,3-6,8-9H2,(H,14,15);1H. The summed E-state index contributed by atoms with van der Waals surface area (Å²) in [6, 6.07) is 3.99. The summed E-state index contributed by atoms with van der Waals surface area (Å²) in [4.78, 5) is 12.7. The summed E-state index contributed by atoms with van der Waals surface area (Å²) in [5, 5.41) is 8.33. The summed E-state index contributed by atoms with van der Waals surface area (Å²) >= 11 is 1.64. The van der Waals surface area contributed by atoms with Crippen LogP contribution in [0.25, 0.3) is 0 Å². The molecule has 1 aliphatic heterocycles. The zero-order valence-electron chi connectivity index (χ0n) is 9.78. The van der Waals surface area contributed by atoms with Gasteiger partial charge in [0.05, 0.1) is 6.42 Å². The van der Waals surface area contributed by atoms with Crippen LogP contribution in [0.3, 0.4) is 0 Å². The third-order valence-corrected chi connectivity index (χ3v) is 3.83. The monoisotopic (exact) mass is 274 g/mol. The molecule has 0 aliphatic carbocycles. The minimum Gasteiger partial charge on any atom is -0.356 e. The second-order valence-corrected chi connectivity index (χ2v) is 5.29. The SMILES string of the molecule is Cl.O=C(Cc1cccs1)NCCC1CCNC1. The summed E-state index contributed by atoms with van der Waals surface area (Å²) in [6.07, 6.45) is 2.88. The number of thiophene rings is 1. The lowest BCUT2D eigenvalue weighted by atomic mass is 10.1. The number of nitrogens with one attached hydrogen (secondary N) is 2. The van der Waals surface area contributed by atoms with E-state index in [1.54, 1.807) is 11.3 Å². The van der Waals surface area contributed by atoms with Gasteiger partial charge < -0.3 is 10.6 Å². The first-order valence-electron chi connectivity index (χ1n) is 5.84. The van der Waals surface area contributed by atoms with E-state index in [0.29, 0.717) is 6.42 Å². The van der Waals surface area contributed by atoms with E-state index in [0.717, 1.165) is 36.9 Å². The van der Waals surface area contributed by atoms with Crippen LogP contribution in [0.2, 0.25) is 0 Å². The van der Waals surface area contributed by atoms with Crippen molar-refractivity contribution in [3.8, 4) is 0 Å². The zero-order valence-corrected chi connectivity index (χ0v) is 11.4. The zero-order chi connectivity index (χ0) is 11.2. The molecule has 1 unspecified atom stereocenters. The largest absolute Gasteiger partial charge is 0.356 e. The molecule has 17 heavy (non-hydrogen) atoms. The maximum atomic E-state index is 11.6. The van der Waals surface area contributed by atoms with E-state index in [-0.39, 0.29) is 18.3 Å². The molecule has 1 aliphatic rings. The summed E-state index contributed by atoms with van der Waals surface area (Å²) in [5.74, 6) is 0.899. The molecule has 96 valence electrons. The number of rotatable bonds is 5. The van der Waals surface area contributed by atoms with E-state index in [9.17, 15) is 4.79 Å². The lowest BCUT2D eigenvalue weighted by Crippen LogP contribution is -2.27. The Kier molecular flexibility index (Phi) is 6.55. The topological polar surface area (TPSA) is 41.1 Å². The van der Waals surface area contributed by atoms with Crippen LogP contribution < -0.4 is 10.6 Å². The van der Waals surface area contributed by atoms with Crippen LogP contribution in [-0.2, 0) is 11.2 Å². The molecule has 2 heterocycles. The van der Waals surface area contributed by atoms with Crippen molar-refractivity contribution in [3.05, 3.63) is 22.4 Å². The fraction of sp³-hybridized carbons (Fsp3) is 0.583. The number of carbonyl (C=O) groups excluding carboxylic acids is 1. The molecule has 2 rings (SSSR count). The fourth-order valence-electron chi connectivity index (χ4n) is 2.01. The molecule has 1 atom stereocenters. The van der Waals surface area contributed by atoms with Crippen molar-refractivity contribution in [2.75, 3.05) is 19.6 Å². The Bertz CT molecular complexity index is 323. The van der Waals surface area contributed by atoms with Gasteiger partial charge in [0.15, 0.2) is 0 Å². The highest BCUT2D eigenvalue weighted by atomic mass is 35.5. The summed E-state index contributed by atoms with van der Waals surface area (Å²) in [7, 11) is 0. The molecule has 1 aromatic rings. The van der Waals surface area contributed by atoms with Crippen LogP contribution >= 0.6 is 23.7 Å². The van der Waals surface area contributed by atoms with Gasteiger partial charge >= 0.3 is 0 Å². The van der Waals surface area contributed by atoms with Crippen molar-refractivity contribution in [3.63, 3.8) is 0 Å². The lowest BCUT2D eigenvalue weighted by molar-refractivity contribution is -0.120. The fourth-order valence-corrected chi connectivity index (χ4v) is 2.71. The van der Waals surface area contributed by atoms with E-state index in [2.05, 4.69) is 10.6 Å². The average molecular weight is 275 g/mol. The molecule has 1 aromatic heterocycles. The Hall–Kier alpha value is -0.580. The molecular formula is C12H19ClN2OS.